The van der Waals surface area contributed by atoms with Gasteiger partial charge < -0.3 is 5.73 Å². The maximum atomic E-state index is 6.03. The van der Waals surface area contributed by atoms with Gasteiger partial charge in [-0.1, -0.05) is 12.8 Å². The summed E-state index contributed by atoms with van der Waals surface area (Å²) in [6.07, 6.45) is 10.5. The standard InChI is InChI=1S/C12H21N/c13-8-12-5-1-2-10(7-12)9-3-4-11(12)6-9/h9-11H,1-8,13H2/t9-,10-,11+,12+/m0/s1. The molecule has 1 heteroatoms. The average molecular weight is 179 g/mol. The minimum Gasteiger partial charge on any atom is -0.330 e. The quantitative estimate of drug-likeness (QED) is 0.657. The Morgan fingerprint density at radius 2 is 2.08 bits per heavy atom. The van der Waals surface area contributed by atoms with Crippen LogP contribution >= 0.6 is 0 Å². The fourth-order valence-corrected chi connectivity index (χ4v) is 4.57. The highest BCUT2D eigenvalue weighted by Crippen LogP contribution is 2.60. The van der Waals surface area contributed by atoms with Gasteiger partial charge in [-0.25, -0.2) is 0 Å². The van der Waals surface area contributed by atoms with Crippen LogP contribution in [0.5, 0.6) is 0 Å². The summed E-state index contributed by atoms with van der Waals surface area (Å²) in [6, 6.07) is 0. The van der Waals surface area contributed by atoms with E-state index in [0.717, 1.165) is 24.3 Å². The summed E-state index contributed by atoms with van der Waals surface area (Å²) in [5.74, 6) is 3.18. The fourth-order valence-electron chi connectivity index (χ4n) is 4.57. The second-order valence-electron chi connectivity index (χ2n) is 5.69. The van der Waals surface area contributed by atoms with Crippen LogP contribution in [0.4, 0.5) is 0 Å². The van der Waals surface area contributed by atoms with E-state index >= 15 is 0 Å². The summed E-state index contributed by atoms with van der Waals surface area (Å²) in [6.45, 7) is 0.973. The molecule has 3 rings (SSSR count). The van der Waals surface area contributed by atoms with Crippen molar-refractivity contribution >= 4 is 0 Å². The van der Waals surface area contributed by atoms with Crippen LogP contribution in [0.3, 0.4) is 0 Å². The van der Waals surface area contributed by atoms with Gasteiger partial charge in [0.25, 0.3) is 0 Å². The normalized spacial score (nSPS) is 53.8. The lowest BCUT2D eigenvalue weighted by Gasteiger charge is -2.49. The predicted octanol–water partition coefficient (Wildman–Crippen LogP) is 2.55. The first-order chi connectivity index (χ1) is 6.34. The van der Waals surface area contributed by atoms with Crippen molar-refractivity contribution in [3.05, 3.63) is 0 Å². The van der Waals surface area contributed by atoms with Gasteiger partial charge in [0.1, 0.15) is 0 Å². The Labute approximate surface area is 81.1 Å². The van der Waals surface area contributed by atoms with Crippen LogP contribution < -0.4 is 5.73 Å². The zero-order valence-corrected chi connectivity index (χ0v) is 8.47. The molecule has 74 valence electrons. The van der Waals surface area contributed by atoms with Crippen molar-refractivity contribution in [1.82, 2.24) is 0 Å². The molecule has 3 aliphatic rings. The van der Waals surface area contributed by atoms with Crippen LogP contribution in [0, 0.1) is 23.2 Å². The van der Waals surface area contributed by atoms with E-state index in [0.29, 0.717) is 5.41 Å². The lowest BCUT2D eigenvalue weighted by molar-refractivity contribution is 0.0201. The number of hydrogen-bond donors (Lipinski definition) is 1. The number of hydrogen-bond acceptors (Lipinski definition) is 1. The summed E-state index contributed by atoms with van der Waals surface area (Å²) < 4.78 is 0. The molecule has 0 aromatic heterocycles. The Bertz CT molecular complexity index is 213. The Morgan fingerprint density at radius 3 is 2.92 bits per heavy atom. The molecule has 3 fully saturated rings. The van der Waals surface area contributed by atoms with Crippen molar-refractivity contribution in [2.45, 2.75) is 44.9 Å². The third-order valence-electron chi connectivity index (χ3n) is 5.33. The van der Waals surface area contributed by atoms with Crippen LogP contribution in [0.15, 0.2) is 0 Å². The first kappa shape index (κ1) is 8.28. The molecule has 3 aliphatic carbocycles. The molecule has 4 bridgehead atoms. The molecule has 0 aromatic carbocycles. The zero-order chi connectivity index (χ0) is 8.89. The fraction of sp³-hybridized carbons (Fsp3) is 1.00. The summed E-state index contributed by atoms with van der Waals surface area (Å²) >= 11 is 0. The van der Waals surface area contributed by atoms with Crippen LogP contribution in [0.25, 0.3) is 0 Å². The minimum absolute atomic E-state index is 0.607. The van der Waals surface area contributed by atoms with Gasteiger partial charge in [0.2, 0.25) is 0 Å². The van der Waals surface area contributed by atoms with E-state index in [2.05, 4.69) is 0 Å². The smallest absolute Gasteiger partial charge is 0.00178 e. The van der Waals surface area contributed by atoms with E-state index in [-0.39, 0.29) is 0 Å². The molecule has 0 radical (unpaired) electrons. The van der Waals surface area contributed by atoms with E-state index in [1.165, 1.54) is 44.9 Å². The summed E-state index contributed by atoms with van der Waals surface area (Å²) in [5, 5.41) is 0. The number of rotatable bonds is 1. The van der Waals surface area contributed by atoms with E-state index in [4.69, 9.17) is 5.73 Å². The SMILES string of the molecule is NC[C@@]12CCC[C@@H](C1)[C@H]1CC[C@@H]2C1. The second kappa shape index (κ2) is 2.73. The van der Waals surface area contributed by atoms with Crippen molar-refractivity contribution in [3.8, 4) is 0 Å². The van der Waals surface area contributed by atoms with Crippen molar-refractivity contribution in [3.63, 3.8) is 0 Å². The number of fused-ring (bicyclic) bond motifs is 6. The van der Waals surface area contributed by atoms with Crippen LogP contribution in [0.2, 0.25) is 0 Å². The minimum atomic E-state index is 0.607. The summed E-state index contributed by atoms with van der Waals surface area (Å²) in [5.41, 5.74) is 6.64. The van der Waals surface area contributed by atoms with Crippen molar-refractivity contribution in [2.24, 2.45) is 28.9 Å². The zero-order valence-electron chi connectivity index (χ0n) is 8.47. The topological polar surface area (TPSA) is 26.0 Å². The molecule has 0 saturated heterocycles. The predicted molar refractivity (Wildman–Crippen MR) is 54.3 cm³/mol. The molecule has 0 aliphatic heterocycles. The molecule has 2 N–H and O–H groups in total. The maximum absolute atomic E-state index is 6.03. The Kier molecular flexibility index (Phi) is 1.74. The Balaban J connectivity index is 1.93. The van der Waals surface area contributed by atoms with E-state index in [9.17, 15) is 0 Å². The van der Waals surface area contributed by atoms with Gasteiger partial charge in [0.15, 0.2) is 0 Å². The van der Waals surface area contributed by atoms with E-state index in [1.807, 2.05) is 0 Å². The molecule has 0 amide bonds. The highest BCUT2D eigenvalue weighted by molar-refractivity contribution is 5.02. The van der Waals surface area contributed by atoms with E-state index in [1.54, 1.807) is 0 Å². The molecular weight excluding hydrogens is 158 g/mol. The van der Waals surface area contributed by atoms with Crippen LogP contribution in [0.1, 0.15) is 44.9 Å². The molecule has 4 atom stereocenters. The van der Waals surface area contributed by atoms with Gasteiger partial charge in [-0.3, -0.25) is 0 Å². The van der Waals surface area contributed by atoms with Crippen LogP contribution in [-0.2, 0) is 0 Å². The Hall–Kier alpha value is -0.0400. The highest BCUT2D eigenvalue weighted by atomic mass is 14.7. The highest BCUT2D eigenvalue weighted by Gasteiger charge is 2.51. The first-order valence-electron chi connectivity index (χ1n) is 6.04. The number of nitrogens with two attached hydrogens (primary N) is 1. The second-order valence-corrected chi connectivity index (χ2v) is 5.69. The van der Waals surface area contributed by atoms with Crippen molar-refractivity contribution < 1.29 is 0 Å². The summed E-state index contributed by atoms with van der Waals surface area (Å²) in [4.78, 5) is 0. The molecule has 13 heavy (non-hydrogen) atoms. The average Bonchev–Trinajstić information content (AvgIpc) is 2.63. The third kappa shape index (κ3) is 1.03. The van der Waals surface area contributed by atoms with Crippen molar-refractivity contribution in [2.75, 3.05) is 6.54 Å². The monoisotopic (exact) mass is 179 g/mol. The lowest BCUT2D eigenvalue weighted by atomic mass is 9.57. The third-order valence-corrected chi connectivity index (χ3v) is 5.33. The molecule has 0 aromatic rings. The molecule has 0 heterocycles. The molecular formula is C12H21N. The lowest BCUT2D eigenvalue weighted by Crippen LogP contribution is -2.45. The van der Waals surface area contributed by atoms with Gasteiger partial charge in [-0.15, -0.1) is 0 Å². The summed E-state index contributed by atoms with van der Waals surface area (Å²) in [7, 11) is 0. The van der Waals surface area contributed by atoms with Crippen molar-refractivity contribution in [1.29, 1.82) is 0 Å². The molecule has 0 unspecified atom stereocenters. The van der Waals surface area contributed by atoms with Gasteiger partial charge in [0.05, 0.1) is 0 Å². The van der Waals surface area contributed by atoms with E-state index < -0.39 is 0 Å². The van der Waals surface area contributed by atoms with Gasteiger partial charge in [-0.05, 0) is 61.8 Å². The maximum Gasteiger partial charge on any atom is -0.00178 e. The van der Waals surface area contributed by atoms with Gasteiger partial charge >= 0.3 is 0 Å². The Morgan fingerprint density at radius 1 is 1.15 bits per heavy atom. The van der Waals surface area contributed by atoms with Gasteiger partial charge in [-0.2, -0.15) is 0 Å². The van der Waals surface area contributed by atoms with Crippen LogP contribution in [-0.4, -0.2) is 6.54 Å². The molecule has 1 nitrogen and oxygen atoms in total. The largest absolute Gasteiger partial charge is 0.330 e. The first-order valence-corrected chi connectivity index (χ1v) is 6.04. The molecule has 3 saturated carbocycles. The van der Waals surface area contributed by atoms with Gasteiger partial charge in [0, 0.05) is 0 Å². The molecule has 0 spiro atoms.